The van der Waals surface area contributed by atoms with E-state index in [-0.39, 0.29) is 12.4 Å². The Morgan fingerprint density at radius 3 is 3.08 bits per heavy atom. The highest BCUT2D eigenvalue weighted by Crippen LogP contribution is 2.24. The van der Waals surface area contributed by atoms with Gasteiger partial charge in [0.1, 0.15) is 5.15 Å². The molecule has 0 radical (unpaired) electrons. The highest BCUT2D eigenvalue weighted by atomic mass is 79.9. The number of pyridine rings is 1. The van der Waals surface area contributed by atoms with Gasteiger partial charge in [0.05, 0.1) is 4.47 Å². The first-order valence-corrected chi connectivity index (χ1v) is 4.99. The highest BCUT2D eigenvalue weighted by molar-refractivity contribution is 9.10. The monoisotopic (exact) mass is 282 g/mol. The second-order valence-electron chi connectivity index (χ2n) is 2.79. The zero-order valence-corrected chi connectivity index (χ0v) is 9.97. The summed E-state index contributed by atoms with van der Waals surface area (Å²) in [5, 5.41) is 3.85. The van der Waals surface area contributed by atoms with Gasteiger partial charge in [0.25, 0.3) is 0 Å². The molecule has 0 aromatic carbocycles. The van der Waals surface area contributed by atoms with Gasteiger partial charge >= 0.3 is 0 Å². The fourth-order valence-corrected chi connectivity index (χ4v) is 1.86. The molecule has 0 saturated heterocycles. The van der Waals surface area contributed by atoms with Crippen molar-refractivity contribution in [1.82, 2.24) is 10.3 Å². The fraction of sp³-hybridized carbons (Fsp3) is 0.375. The molecule has 0 fully saturated rings. The molecule has 0 amide bonds. The van der Waals surface area contributed by atoms with Crippen molar-refractivity contribution in [3.8, 4) is 0 Å². The van der Waals surface area contributed by atoms with Crippen LogP contribution in [-0.4, -0.2) is 11.5 Å². The van der Waals surface area contributed by atoms with Crippen LogP contribution in [0, 0.1) is 0 Å². The molecule has 2 rings (SSSR count). The number of hydrogen-bond acceptors (Lipinski definition) is 2. The van der Waals surface area contributed by atoms with Crippen molar-refractivity contribution in [2.45, 2.75) is 13.0 Å². The molecule has 5 heteroatoms. The first-order chi connectivity index (χ1) is 5.77. The van der Waals surface area contributed by atoms with E-state index < -0.39 is 0 Å². The fourth-order valence-electron chi connectivity index (χ4n) is 1.34. The number of hydrogen-bond donors (Lipinski definition) is 1. The largest absolute Gasteiger partial charge is 0.312 e. The van der Waals surface area contributed by atoms with Crippen molar-refractivity contribution in [2.24, 2.45) is 0 Å². The summed E-state index contributed by atoms with van der Waals surface area (Å²) in [6.07, 6.45) is 0.975. The number of halogens is 3. The van der Waals surface area contributed by atoms with Gasteiger partial charge in [-0.05, 0) is 27.6 Å². The molecule has 0 spiro atoms. The SMILES string of the molecule is Cl.Clc1nc2c(cc1Br)CNCC2. The minimum Gasteiger partial charge on any atom is -0.312 e. The third-order valence-electron chi connectivity index (χ3n) is 1.96. The summed E-state index contributed by atoms with van der Waals surface area (Å²) < 4.78 is 0.881. The van der Waals surface area contributed by atoms with E-state index in [2.05, 4.69) is 26.2 Å². The maximum absolute atomic E-state index is 5.87. The Bertz CT molecular complexity index is 286. The lowest BCUT2D eigenvalue weighted by molar-refractivity contribution is 0.630. The van der Waals surface area contributed by atoms with Crippen LogP contribution in [0.2, 0.25) is 5.15 Å². The van der Waals surface area contributed by atoms with E-state index >= 15 is 0 Å². The zero-order valence-electron chi connectivity index (χ0n) is 6.81. The van der Waals surface area contributed by atoms with Gasteiger partial charge in [-0.1, -0.05) is 11.6 Å². The lowest BCUT2D eigenvalue weighted by atomic mass is 10.1. The molecule has 1 aliphatic rings. The Morgan fingerprint density at radius 1 is 1.54 bits per heavy atom. The van der Waals surface area contributed by atoms with Crippen molar-refractivity contribution in [3.63, 3.8) is 0 Å². The molecule has 0 bridgehead atoms. The lowest BCUT2D eigenvalue weighted by Crippen LogP contribution is -2.24. The zero-order chi connectivity index (χ0) is 8.55. The van der Waals surface area contributed by atoms with Crippen LogP contribution < -0.4 is 5.32 Å². The van der Waals surface area contributed by atoms with Gasteiger partial charge < -0.3 is 5.32 Å². The van der Waals surface area contributed by atoms with E-state index in [0.29, 0.717) is 5.15 Å². The molecule has 0 unspecified atom stereocenters. The van der Waals surface area contributed by atoms with E-state index in [4.69, 9.17) is 11.6 Å². The molecule has 0 saturated carbocycles. The number of aromatic nitrogens is 1. The van der Waals surface area contributed by atoms with Gasteiger partial charge in [-0.2, -0.15) is 0 Å². The van der Waals surface area contributed by atoms with Crippen molar-refractivity contribution in [2.75, 3.05) is 6.54 Å². The Labute approximate surface area is 96.6 Å². The number of fused-ring (bicyclic) bond motifs is 1. The Balaban J connectivity index is 0.000000845. The van der Waals surface area contributed by atoms with Crippen LogP contribution in [0.5, 0.6) is 0 Å². The minimum absolute atomic E-state index is 0. The number of rotatable bonds is 0. The smallest absolute Gasteiger partial charge is 0.143 e. The first-order valence-electron chi connectivity index (χ1n) is 3.82. The van der Waals surface area contributed by atoms with Gasteiger partial charge in [-0.15, -0.1) is 12.4 Å². The second kappa shape index (κ2) is 4.60. The van der Waals surface area contributed by atoms with Crippen LogP contribution in [0.15, 0.2) is 10.5 Å². The molecule has 0 atom stereocenters. The minimum atomic E-state index is 0. The molecular weight excluding hydrogens is 275 g/mol. The summed E-state index contributed by atoms with van der Waals surface area (Å²) in [6, 6.07) is 2.04. The summed E-state index contributed by atoms with van der Waals surface area (Å²) in [5.41, 5.74) is 2.37. The number of nitrogens with zero attached hydrogens (tertiary/aromatic N) is 1. The predicted molar refractivity (Wildman–Crippen MR) is 59.6 cm³/mol. The average molecular weight is 284 g/mol. The van der Waals surface area contributed by atoms with Gasteiger partial charge in [0.2, 0.25) is 0 Å². The van der Waals surface area contributed by atoms with Crippen LogP contribution in [0.3, 0.4) is 0 Å². The maximum atomic E-state index is 5.87. The van der Waals surface area contributed by atoms with Gasteiger partial charge in [-0.25, -0.2) is 4.98 Å². The Kier molecular flexibility index (Phi) is 3.98. The molecule has 2 heterocycles. The van der Waals surface area contributed by atoms with Crippen LogP contribution in [0.25, 0.3) is 0 Å². The van der Waals surface area contributed by atoms with Crippen LogP contribution >= 0.6 is 39.9 Å². The van der Waals surface area contributed by atoms with Crippen LogP contribution in [-0.2, 0) is 13.0 Å². The molecular formula is C8H9BrCl2N2. The highest BCUT2D eigenvalue weighted by Gasteiger charge is 2.12. The summed E-state index contributed by atoms with van der Waals surface area (Å²) in [5.74, 6) is 0. The van der Waals surface area contributed by atoms with Crippen LogP contribution in [0.1, 0.15) is 11.3 Å². The predicted octanol–water partition coefficient (Wildman–Crippen LogP) is 2.57. The molecule has 1 aliphatic heterocycles. The van der Waals surface area contributed by atoms with Gasteiger partial charge in [-0.3, -0.25) is 0 Å². The van der Waals surface area contributed by atoms with E-state index in [1.165, 1.54) is 5.56 Å². The number of nitrogens with one attached hydrogen (secondary N) is 1. The molecule has 1 N–H and O–H groups in total. The summed E-state index contributed by atoms with van der Waals surface area (Å²) in [4.78, 5) is 4.29. The normalized spacial score (nSPS) is 14.6. The van der Waals surface area contributed by atoms with Gasteiger partial charge in [0.15, 0.2) is 0 Å². The average Bonchev–Trinajstić information content (AvgIpc) is 2.07. The standard InChI is InChI=1S/C8H8BrClN2.ClH/c9-6-3-5-4-11-2-1-7(5)12-8(6)10;/h3,11H,1-2,4H2;1H. The van der Waals surface area contributed by atoms with Crippen molar-refractivity contribution < 1.29 is 0 Å². The van der Waals surface area contributed by atoms with Crippen molar-refractivity contribution in [1.29, 1.82) is 0 Å². The molecule has 13 heavy (non-hydrogen) atoms. The van der Waals surface area contributed by atoms with Crippen molar-refractivity contribution >= 4 is 39.9 Å². The van der Waals surface area contributed by atoms with Gasteiger partial charge in [0, 0.05) is 25.2 Å². The van der Waals surface area contributed by atoms with E-state index in [9.17, 15) is 0 Å². The van der Waals surface area contributed by atoms with Crippen molar-refractivity contribution in [3.05, 3.63) is 26.9 Å². The quantitative estimate of drug-likeness (QED) is 0.741. The summed E-state index contributed by atoms with van der Waals surface area (Å²) in [6.45, 7) is 1.90. The summed E-state index contributed by atoms with van der Waals surface area (Å²) >= 11 is 9.22. The lowest BCUT2D eigenvalue weighted by Gasteiger charge is -2.16. The molecule has 0 aliphatic carbocycles. The summed E-state index contributed by atoms with van der Waals surface area (Å²) in [7, 11) is 0. The first kappa shape index (κ1) is 11.2. The third kappa shape index (κ3) is 2.34. The van der Waals surface area contributed by atoms with E-state index in [1.807, 2.05) is 6.07 Å². The molecule has 2 nitrogen and oxygen atoms in total. The van der Waals surface area contributed by atoms with E-state index in [0.717, 1.165) is 29.7 Å². The Hall–Kier alpha value is 0.170. The molecule has 1 aromatic heterocycles. The van der Waals surface area contributed by atoms with E-state index in [1.54, 1.807) is 0 Å². The topological polar surface area (TPSA) is 24.9 Å². The van der Waals surface area contributed by atoms with Crippen LogP contribution in [0.4, 0.5) is 0 Å². The Morgan fingerprint density at radius 2 is 2.31 bits per heavy atom. The molecule has 72 valence electrons. The maximum Gasteiger partial charge on any atom is 0.143 e. The molecule has 1 aromatic rings. The third-order valence-corrected chi connectivity index (χ3v) is 3.08. The second-order valence-corrected chi connectivity index (χ2v) is 4.01.